The van der Waals surface area contributed by atoms with Crippen molar-refractivity contribution in [3.63, 3.8) is 0 Å². The molecule has 1 saturated heterocycles. The maximum absolute atomic E-state index is 13.0. The Morgan fingerprint density at radius 1 is 1.23 bits per heavy atom. The van der Waals surface area contributed by atoms with Gasteiger partial charge in [0.15, 0.2) is 0 Å². The van der Waals surface area contributed by atoms with Crippen LogP contribution < -0.4 is 10.1 Å². The van der Waals surface area contributed by atoms with E-state index in [2.05, 4.69) is 47.6 Å². The molecule has 2 aliphatic carbocycles. The second kappa shape index (κ2) is 7.49. The summed E-state index contributed by atoms with van der Waals surface area (Å²) in [4.78, 5) is 20.1. The van der Waals surface area contributed by atoms with Gasteiger partial charge in [-0.2, -0.15) is 0 Å². The summed E-state index contributed by atoms with van der Waals surface area (Å²) in [5, 5.41) is 3.24. The van der Waals surface area contributed by atoms with Gasteiger partial charge in [-0.1, -0.05) is 12.1 Å². The molecule has 2 aromatic rings. The minimum absolute atomic E-state index is 0.000893. The SMILES string of the molecule is CN1CCC(NC(=O)c2cnc3c(c2)C(c2ccc4c(c2)CCCO4)=C[C@H]2CC32)CC1. The minimum atomic E-state index is 0.000893. The summed E-state index contributed by atoms with van der Waals surface area (Å²) in [5.74, 6) is 2.12. The van der Waals surface area contributed by atoms with E-state index in [1.807, 2.05) is 0 Å². The second-order valence-corrected chi connectivity index (χ2v) is 9.57. The van der Waals surface area contributed by atoms with Gasteiger partial charge in [-0.05, 0) is 93.1 Å². The Labute approximate surface area is 183 Å². The Bertz CT molecular complexity index is 1070. The van der Waals surface area contributed by atoms with Crippen molar-refractivity contribution in [1.29, 1.82) is 0 Å². The average molecular weight is 416 g/mol. The number of nitrogens with one attached hydrogen (secondary N) is 1. The molecule has 2 atom stereocenters. The second-order valence-electron chi connectivity index (χ2n) is 9.57. The van der Waals surface area contributed by atoms with Crippen LogP contribution in [0.2, 0.25) is 0 Å². The number of nitrogens with zero attached hydrogens (tertiary/aromatic N) is 2. The van der Waals surface area contributed by atoms with Crippen molar-refractivity contribution in [3.8, 4) is 5.75 Å². The van der Waals surface area contributed by atoms with E-state index >= 15 is 0 Å². The molecule has 1 amide bonds. The number of rotatable bonds is 3. The van der Waals surface area contributed by atoms with Crippen LogP contribution in [0.3, 0.4) is 0 Å². The number of pyridine rings is 1. The molecule has 160 valence electrons. The van der Waals surface area contributed by atoms with Gasteiger partial charge in [-0.25, -0.2) is 0 Å². The molecular formula is C26H29N3O2. The van der Waals surface area contributed by atoms with Crippen molar-refractivity contribution < 1.29 is 9.53 Å². The minimum Gasteiger partial charge on any atom is -0.493 e. The summed E-state index contributed by atoms with van der Waals surface area (Å²) < 4.78 is 5.81. The molecule has 6 rings (SSSR count). The molecule has 2 fully saturated rings. The molecule has 1 aromatic carbocycles. The van der Waals surface area contributed by atoms with E-state index in [9.17, 15) is 4.79 Å². The largest absolute Gasteiger partial charge is 0.493 e. The quantitative estimate of drug-likeness (QED) is 0.829. The summed E-state index contributed by atoms with van der Waals surface area (Å²) in [5.41, 5.74) is 6.69. The monoisotopic (exact) mass is 415 g/mol. The molecule has 3 heterocycles. The van der Waals surface area contributed by atoms with Gasteiger partial charge in [-0.3, -0.25) is 9.78 Å². The smallest absolute Gasteiger partial charge is 0.253 e. The number of piperidine rings is 1. The number of hydrogen-bond acceptors (Lipinski definition) is 4. The van der Waals surface area contributed by atoms with Gasteiger partial charge in [0.05, 0.1) is 17.9 Å². The summed E-state index contributed by atoms with van der Waals surface area (Å²) in [6.07, 6.45) is 9.49. The lowest BCUT2D eigenvalue weighted by Crippen LogP contribution is -2.43. The molecule has 2 aliphatic heterocycles. The number of fused-ring (bicyclic) bond motifs is 4. The third kappa shape index (κ3) is 3.55. The molecule has 1 unspecified atom stereocenters. The zero-order valence-corrected chi connectivity index (χ0v) is 18.1. The van der Waals surface area contributed by atoms with Crippen molar-refractivity contribution in [2.75, 3.05) is 26.7 Å². The van der Waals surface area contributed by atoms with E-state index < -0.39 is 0 Å². The van der Waals surface area contributed by atoms with Crippen LogP contribution in [-0.2, 0) is 6.42 Å². The fourth-order valence-electron chi connectivity index (χ4n) is 5.33. The molecule has 1 saturated carbocycles. The molecule has 0 spiro atoms. The van der Waals surface area contributed by atoms with Crippen LogP contribution in [0.25, 0.3) is 5.57 Å². The lowest BCUT2D eigenvalue weighted by Gasteiger charge is -2.29. The van der Waals surface area contributed by atoms with Gasteiger partial charge in [0.25, 0.3) is 5.91 Å². The number of carbonyl (C=O) groups excluding carboxylic acids is 1. The number of allylic oxidation sites excluding steroid dienone is 1. The first-order valence-electron chi connectivity index (χ1n) is 11.6. The van der Waals surface area contributed by atoms with E-state index in [4.69, 9.17) is 9.72 Å². The van der Waals surface area contributed by atoms with Crippen molar-refractivity contribution >= 4 is 11.5 Å². The Hall–Kier alpha value is -2.66. The first kappa shape index (κ1) is 19.1. The number of benzene rings is 1. The van der Waals surface area contributed by atoms with Crippen LogP contribution in [-0.4, -0.2) is 48.6 Å². The molecule has 0 bridgehead atoms. The van der Waals surface area contributed by atoms with Gasteiger partial charge in [-0.15, -0.1) is 0 Å². The molecular weight excluding hydrogens is 386 g/mol. The normalized spacial score (nSPS) is 24.9. The summed E-state index contributed by atoms with van der Waals surface area (Å²) in [6.45, 7) is 2.87. The van der Waals surface area contributed by atoms with Crippen LogP contribution in [0.15, 0.2) is 36.5 Å². The van der Waals surface area contributed by atoms with E-state index in [1.54, 1.807) is 6.20 Å². The zero-order valence-electron chi connectivity index (χ0n) is 18.1. The lowest BCUT2D eigenvalue weighted by molar-refractivity contribution is 0.0916. The standard InChI is InChI=1S/C26H29N3O2/c1-29-8-6-20(7-9-29)28-26(30)19-14-23-21(12-18-13-22(18)25(23)27-15-19)16-4-5-24-17(11-16)3-2-10-31-24/h4-5,11-12,14-15,18,20,22H,2-3,6-10,13H2,1H3,(H,28,30)/t18-,22?/m0/s1. The summed E-state index contributed by atoms with van der Waals surface area (Å²) >= 11 is 0. The van der Waals surface area contributed by atoms with E-state index in [1.165, 1.54) is 23.1 Å². The summed E-state index contributed by atoms with van der Waals surface area (Å²) in [7, 11) is 2.14. The third-order valence-electron chi connectivity index (χ3n) is 7.32. The zero-order chi connectivity index (χ0) is 20.9. The van der Waals surface area contributed by atoms with Crippen molar-refractivity contribution in [3.05, 3.63) is 64.5 Å². The Morgan fingerprint density at radius 2 is 2.10 bits per heavy atom. The highest BCUT2D eigenvalue weighted by atomic mass is 16.5. The van der Waals surface area contributed by atoms with Crippen molar-refractivity contribution in [2.24, 2.45) is 5.92 Å². The third-order valence-corrected chi connectivity index (χ3v) is 7.32. The Kier molecular flexibility index (Phi) is 4.60. The lowest BCUT2D eigenvalue weighted by atomic mass is 9.87. The predicted molar refractivity (Wildman–Crippen MR) is 120 cm³/mol. The molecule has 5 nitrogen and oxygen atoms in total. The van der Waals surface area contributed by atoms with Gasteiger partial charge in [0.1, 0.15) is 5.75 Å². The average Bonchev–Trinajstić information content (AvgIpc) is 3.59. The fourth-order valence-corrected chi connectivity index (χ4v) is 5.33. The number of aromatic nitrogens is 1. The number of hydrogen-bond donors (Lipinski definition) is 1. The number of aryl methyl sites for hydroxylation is 1. The van der Waals surface area contributed by atoms with Gasteiger partial charge < -0.3 is 15.0 Å². The Balaban J connectivity index is 1.30. The van der Waals surface area contributed by atoms with Gasteiger partial charge in [0, 0.05) is 23.7 Å². The first-order chi connectivity index (χ1) is 15.2. The molecule has 5 heteroatoms. The summed E-state index contributed by atoms with van der Waals surface area (Å²) in [6, 6.07) is 8.87. The highest BCUT2D eigenvalue weighted by Gasteiger charge is 2.43. The predicted octanol–water partition coefficient (Wildman–Crippen LogP) is 3.78. The molecule has 31 heavy (non-hydrogen) atoms. The highest BCUT2D eigenvalue weighted by Crippen LogP contribution is 2.55. The van der Waals surface area contributed by atoms with Gasteiger partial charge in [0.2, 0.25) is 0 Å². The molecule has 1 aromatic heterocycles. The van der Waals surface area contributed by atoms with E-state index in [-0.39, 0.29) is 11.9 Å². The van der Waals surface area contributed by atoms with Gasteiger partial charge >= 0.3 is 0 Å². The fraction of sp³-hybridized carbons (Fsp3) is 0.462. The van der Waals surface area contributed by atoms with E-state index in [0.717, 1.165) is 62.4 Å². The first-order valence-corrected chi connectivity index (χ1v) is 11.6. The topological polar surface area (TPSA) is 54.5 Å². The number of ether oxygens (including phenoxy) is 1. The number of amides is 1. The molecule has 0 radical (unpaired) electrons. The molecule has 4 aliphatic rings. The van der Waals surface area contributed by atoms with Crippen LogP contribution >= 0.6 is 0 Å². The van der Waals surface area contributed by atoms with Crippen LogP contribution in [0.4, 0.5) is 0 Å². The van der Waals surface area contributed by atoms with Crippen LogP contribution in [0, 0.1) is 5.92 Å². The van der Waals surface area contributed by atoms with Crippen LogP contribution in [0.5, 0.6) is 5.75 Å². The number of likely N-dealkylation sites (tertiary alicyclic amines) is 1. The highest BCUT2D eigenvalue weighted by molar-refractivity contribution is 5.96. The number of carbonyl (C=O) groups is 1. The van der Waals surface area contributed by atoms with Crippen molar-refractivity contribution in [1.82, 2.24) is 15.2 Å². The maximum atomic E-state index is 13.0. The Morgan fingerprint density at radius 3 is 2.97 bits per heavy atom. The molecule has 1 N–H and O–H groups in total. The van der Waals surface area contributed by atoms with Crippen LogP contribution in [0.1, 0.15) is 64.3 Å². The van der Waals surface area contributed by atoms with E-state index in [0.29, 0.717) is 17.4 Å². The van der Waals surface area contributed by atoms with Crippen molar-refractivity contribution in [2.45, 2.75) is 44.1 Å². The maximum Gasteiger partial charge on any atom is 0.253 e.